The minimum Gasteiger partial charge on any atom is -0.451 e. The Morgan fingerprint density at radius 1 is 1.48 bits per heavy atom. The predicted octanol–water partition coefficient (Wildman–Crippen LogP) is 3.40. The first-order chi connectivity index (χ1) is 11.0. The molecule has 1 aromatic heterocycles. The van der Waals surface area contributed by atoms with Crippen LogP contribution in [0.5, 0.6) is 0 Å². The summed E-state index contributed by atoms with van der Waals surface area (Å²) in [5.74, 6) is -0.332. The van der Waals surface area contributed by atoms with Crippen molar-refractivity contribution in [1.82, 2.24) is 4.98 Å². The largest absolute Gasteiger partial charge is 0.451 e. The summed E-state index contributed by atoms with van der Waals surface area (Å²) in [5, 5.41) is 0. The predicted molar refractivity (Wildman–Crippen MR) is 93.4 cm³/mol. The zero-order valence-corrected chi connectivity index (χ0v) is 13.5. The van der Waals surface area contributed by atoms with Crippen LogP contribution < -0.4 is 11.5 Å². The van der Waals surface area contributed by atoms with Crippen LogP contribution in [0.2, 0.25) is 0 Å². The lowest BCUT2D eigenvalue weighted by molar-refractivity contribution is 0.557. The Morgan fingerprint density at radius 3 is 2.57 bits per heavy atom. The molecule has 0 unspecified atom stereocenters. The summed E-state index contributed by atoms with van der Waals surface area (Å²) in [6.07, 6.45) is 10.2. The maximum atomic E-state index is 13.6. The topological polar surface area (TPSA) is 90.4 Å². The van der Waals surface area contributed by atoms with Crippen LogP contribution in [0.4, 0.5) is 4.39 Å². The average molecular weight is 318 g/mol. The van der Waals surface area contributed by atoms with Crippen molar-refractivity contribution in [2.45, 2.75) is 13.8 Å². The van der Waals surface area contributed by atoms with Crippen molar-refractivity contribution in [3.05, 3.63) is 79.1 Å². The fraction of sp³-hybridized carbons (Fsp3) is 0.176. The van der Waals surface area contributed by atoms with Crippen molar-refractivity contribution in [1.29, 1.82) is 0 Å². The summed E-state index contributed by atoms with van der Waals surface area (Å²) in [7, 11) is 0. The summed E-state index contributed by atoms with van der Waals surface area (Å²) in [6, 6.07) is 0. The van der Waals surface area contributed by atoms with Crippen molar-refractivity contribution in [2.24, 2.45) is 16.5 Å². The van der Waals surface area contributed by atoms with Gasteiger partial charge in [-0.05, 0) is 26.1 Å². The van der Waals surface area contributed by atoms with Gasteiger partial charge in [0, 0.05) is 11.3 Å². The number of hydrogen-bond acceptors (Lipinski definition) is 5. The molecule has 1 aromatic rings. The third-order valence-electron chi connectivity index (χ3n) is 2.36. The molecule has 0 bridgehead atoms. The maximum Gasteiger partial charge on any atom is 0.181 e. The van der Waals surface area contributed by atoms with E-state index in [9.17, 15) is 4.39 Å². The molecule has 23 heavy (non-hydrogen) atoms. The third-order valence-corrected chi connectivity index (χ3v) is 2.36. The molecular weight excluding hydrogens is 295 g/mol. The molecule has 0 atom stereocenters. The van der Waals surface area contributed by atoms with Crippen LogP contribution in [0.15, 0.2) is 82.8 Å². The molecule has 0 aliphatic rings. The van der Waals surface area contributed by atoms with Crippen LogP contribution in [0.3, 0.4) is 0 Å². The summed E-state index contributed by atoms with van der Waals surface area (Å²) in [4.78, 5) is 8.35. The van der Waals surface area contributed by atoms with Crippen molar-refractivity contribution in [2.75, 3.05) is 6.54 Å². The molecule has 0 fully saturated rings. The molecule has 0 aliphatic heterocycles. The van der Waals surface area contributed by atoms with E-state index in [2.05, 4.69) is 28.9 Å². The number of halogens is 1. The first kappa shape index (κ1) is 20.1. The average Bonchev–Trinajstić information content (AvgIpc) is 3.04. The highest BCUT2D eigenvalue weighted by Gasteiger charge is 2.06. The fourth-order valence-corrected chi connectivity index (χ4v) is 1.46. The second kappa shape index (κ2) is 11.7. The number of hydrogen-bond donors (Lipinski definition) is 2. The molecule has 1 heterocycles. The van der Waals surface area contributed by atoms with Gasteiger partial charge in [-0.15, -0.1) is 0 Å². The normalized spacial score (nSPS) is 13.2. The van der Waals surface area contributed by atoms with Gasteiger partial charge in [0.15, 0.2) is 6.39 Å². The summed E-state index contributed by atoms with van der Waals surface area (Å²) in [5.41, 5.74) is 12.4. The first-order valence-electron chi connectivity index (χ1n) is 6.83. The smallest absolute Gasteiger partial charge is 0.181 e. The second-order valence-corrected chi connectivity index (χ2v) is 4.26. The Hall–Kier alpha value is -2.89. The van der Waals surface area contributed by atoms with Crippen molar-refractivity contribution in [3.8, 4) is 0 Å². The number of oxazole rings is 1. The number of nitrogens with two attached hydrogens (primary N) is 2. The van der Waals surface area contributed by atoms with Gasteiger partial charge in [0.05, 0.1) is 12.3 Å². The Morgan fingerprint density at radius 2 is 2.13 bits per heavy atom. The quantitative estimate of drug-likeness (QED) is 0.621. The minimum atomic E-state index is -0.332. The molecule has 0 aromatic carbocycles. The third kappa shape index (κ3) is 8.21. The van der Waals surface area contributed by atoms with E-state index < -0.39 is 0 Å². The van der Waals surface area contributed by atoms with E-state index >= 15 is 0 Å². The van der Waals surface area contributed by atoms with Gasteiger partial charge in [0.2, 0.25) is 0 Å². The van der Waals surface area contributed by atoms with Gasteiger partial charge in [-0.3, -0.25) is 4.99 Å². The SMILES string of the molecule is C=C/C=C(CN=C(/C=C(/C)N)c1cocn1)\C(F)=C/C.C=CN. The molecule has 0 saturated carbocycles. The molecule has 0 spiro atoms. The van der Waals surface area contributed by atoms with Crippen LogP contribution in [0.1, 0.15) is 19.5 Å². The van der Waals surface area contributed by atoms with E-state index in [0.29, 0.717) is 22.7 Å². The standard InChI is InChI=1S/C15H18FN3O.C2H5N/c1-4-6-12(13(16)5-2)8-18-14(7-11(3)17)15-9-20-10-19-15;1-2-3/h4-7,9-10H,1,8,17H2,2-3H3;2H,1,3H2/b11-7-,12-6-,13-5+,18-14?;. The molecule has 0 radical (unpaired) electrons. The molecule has 5 nitrogen and oxygen atoms in total. The molecule has 6 heteroatoms. The van der Waals surface area contributed by atoms with Crippen molar-refractivity contribution < 1.29 is 8.81 Å². The second-order valence-electron chi connectivity index (χ2n) is 4.26. The Bertz CT molecular complexity index is 607. The molecule has 0 amide bonds. The Labute approximate surface area is 136 Å². The molecular formula is C17H23FN4O. The Kier molecular flexibility index (Phi) is 10.3. The number of aliphatic imine (C=N–C) groups is 1. The molecule has 124 valence electrons. The van der Waals surface area contributed by atoms with E-state index in [1.807, 2.05) is 0 Å². The highest BCUT2D eigenvalue weighted by Crippen LogP contribution is 2.13. The zero-order chi connectivity index (χ0) is 17.7. The van der Waals surface area contributed by atoms with Gasteiger partial charge in [-0.25, -0.2) is 9.37 Å². The van der Waals surface area contributed by atoms with E-state index in [4.69, 9.17) is 10.2 Å². The van der Waals surface area contributed by atoms with Gasteiger partial charge >= 0.3 is 0 Å². The van der Waals surface area contributed by atoms with Crippen molar-refractivity contribution in [3.63, 3.8) is 0 Å². The van der Waals surface area contributed by atoms with Crippen LogP contribution in [0.25, 0.3) is 0 Å². The van der Waals surface area contributed by atoms with Crippen LogP contribution in [0, 0.1) is 0 Å². The van der Waals surface area contributed by atoms with E-state index in [1.54, 1.807) is 26.0 Å². The van der Waals surface area contributed by atoms with Gasteiger partial charge in [0.1, 0.15) is 17.8 Å². The number of rotatable bonds is 6. The highest BCUT2D eigenvalue weighted by molar-refractivity contribution is 6.07. The zero-order valence-electron chi connectivity index (χ0n) is 13.5. The van der Waals surface area contributed by atoms with E-state index in [0.717, 1.165) is 0 Å². The van der Waals surface area contributed by atoms with Gasteiger partial charge in [-0.1, -0.05) is 31.4 Å². The van der Waals surface area contributed by atoms with Crippen LogP contribution in [-0.4, -0.2) is 17.2 Å². The van der Waals surface area contributed by atoms with Gasteiger partial charge in [-0.2, -0.15) is 0 Å². The molecule has 0 aliphatic carbocycles. The van der Waals surface area contributed by atoms with Crippen LogP contribution >= 0.6 is 0 Å². The summed E-state index contributed by atoms with van der Waals surface area (Å²) >= 11 is 0. The van der Waals surface area contributed by atoms with Crippen LogP contribution in [-0.2, 0) is 0 Å². The Balaban J connectivity index is 0.00000149. The molecule has 1 rings (SSSR count). The minimum absolute atomic E-state index is 0.161. The van der Waals surface area contributed by atoms with E-state index in [-0.39, 0.29) is 12.4 Å². The fourth-order valence-electron chi connectivity index (χ4n) is 1.46. The lowest BCUT2D eigenvalue weighted by Gasteiger charge is -2.03. The van der Waals surface area contributed by atoms with E-state index in [1.165, 1.54) is 31.0 Å². The van der Waals surface area contributed by atoms with Gasteiger partial charge in [0.25, 0.3) is 0 Å². The highest BCUT2D eigenvalue weighted by atomic mass is 19.1. The number of nitrogens with zero attached hydrogens (tertiary/aromatic N) is 2. The number of allylic oxidation sites excluding steroid dienone is 5. The maximum absolute atomic E-state index is 13.6. The molecule has 0 saturated heterocycles. The number of aromatic nitrogens is 1. The lowest BCUT2D eigenvalue weighted by Crippen LogP contribution is -2.04. The van der Waals surface area contributed by atoms with Gasteiger partial charge < -0.3 is 15.9 Å². The lowest BCUT2D eigenvalue weighted by atomic mass is 10.2. The summed E-state index contributed by atoms with van der Waals surface area (Å²) < 4.78 is 18.6. The first-order valence-corrected chi connectivity index (χ1v) is 6.83. The van der Waals surface area contributed by atoms with Crippen molar-refractivity contribution >= 4 is 5.71 Å². The summed E-state index contributed by atoms with van der Waals surface area (Å²) in [6.45, 7) is 10.2. The monoisotopic (exact) mass is 318 g/mol. The molecule has 4 N–H and O–H groups in total.